The molecule has 0 bridgehead atoms. The van der Waals surface area contributed by atoms with Gasteiger partial charge in [-0.1, -0.05) is 54.9 Å². The minimum absolute atomic E-state index is 0.775. The van der Waals surface area contributed by atoms with Crippen molar-refractivity contribution in [1.82, 2.24) is 4.90 Å². The molecule has 1 aliphatic rings. The molecule has 0 unspecified atom stereocenters. The van der Waals surface area contributed by atoms with Crippen LogP contribution in [0.25, 0.3) is 0 Å². The fourth-order valence-corrected chi connectivity index (χ4v) is 3.81. The number of hydrogen-bond donors (Lipinski definition) is 1. The molecule has 0 aliphatic carbocycles. The van der Waals surface area contributed by atoms with Crippen LogP contribution in [0.2, 0.25) is 0 Å². The van der Waals surface area contributed by atoms with Crippen molar-refractivity contribution in [3.63, 3.8) is 0 Å². The van der Waals surface area contributed by atoms with E-state index in [-0.39, 0.29) is 0 Å². The van der Waals surface area contributed by atoms with Crippen molar-refractivity contribution < 1.29 is 0 Å². The van der Waals surface area contributed by atoms with Gasteiger partial charge in [0.15, 0.2) is 5.17 Å². The molecule has 134 valence electrons. The van der Waals surface area contributed by atoms with Gasteiger partial charge in [-0.15, -0.1) is 0 Å². The van der Waals surface area contributed by atoms with Crippen LogP contribution >= 0.6 is 11.8 Å². The zero-order valence-electron chi connectivity index (χ0n) is 15.0. The molecule has 0 radical (unpaired) electrons. The number of piperidine rings is 1. The quantitative estimate of drug-likeness (QED) is 0.389. The van der Waals surface area contributed by atoms with Crippen LogP contribution in [0, 0.1) is 0 Å². The van der Waals surface area contributed by atoms with Gasteiger partial charge in [0.2, 0.25) is 0 Å². The first-order valence-electron chi connectivity index (χ1n) is 9.53. The highest BCUT2D eigenvalue weighted by Gasteiger charge is 2.08. The molecule has 1 saturated heterocycles. The molecule has 0 aromatic heterocycles. The number of hydrogen-bond acceptors (Lipinski definition) is 3. The zero-order chi connectivity index (χ0) is 16.9. The lowest BCUT2D eigenvalue weighted by Crippen LogP contribution is -2.30. The van der Waals surface area contributed by atoms with E-state index >= 15 is 0 Å². The number of nitrogens with two attached hydrogens (primary N) is 1. The number of benzene rings is 1. The Morgan fingerprint density at radius 2 is 1.79 bits per heavy atom. The van der Waals surface area contributed by atoms with E-state index in [2.05, 4.69) is 40.2 Å². The van der Waals surface area contributed by atoms with Gasteiger partial charge in [-0.05, 0) is 63.7 Å². The Morgan fingerprint density at radius 3 is 2.58 bits per heavy atom. The zero-order valence-corrected chi connectivity index (χ0v) is 15.8. The fraction of sp³-hybridized carbons (Fsp3) is 0.650. The fourth-order valence-electron chi connectivity index (χ4n) is 3.15. The largest absolute Gasteiger partial charge is 0.379 e. The molecule has 1 aromatic rings. The average Bonchev–Trinajstić information content (AvgIpc) is 2.63. The molecule has 4 heteroatoms. The standard InChI is InChI=1S/C20H33N3S/c21-20(24-18-10-17-23-15-8-3-9-16-23)22-14-7-2-6-13-19-11-4-1-5-12-19/h1,4-5,11-12H,2-3,6-10,13-18H2,(H2,21,22). The summed E-state index contributed by atoms with van der Waals surface area (Å²) in [6.07, 6.45) is 10.2. The Labute approximate surface area is 152 Å². The molecule has 1 fully saturated rings. The molecule has 24 heavy (non-hydrogen) atoms. The number of aryl methyl sites for hydroxylation is 1. The molecular formula is C20H33N3S. The first-order valence-corrected chi connectivity index (χ1v) is 10.5. The normalized spacial score (nSPS) is 16.4. The second kappa shape index (κ2) is 12.4. The Kier molecular flexibility index (Phi) is 9.97. The lowest BCUT2D eigenvalue weighted by molar-refractivity contribution is 0.230. The monoisotopic (exact) mass is 347 g/mol. The van der Waals surface area contributed by atoms with Crippen molar-refractivity contribution in [3.8, 4) is 0 Å². The lowest BCUT2D eigenvalue weighted by atomic mass is 10.1. The SMILES string of the molecule is NC(=NCCCCCc1ccccc1)SCCCN1CCCCC1. The lowest BCUT2D eigenvalue weighted by Gasteiger charge is -2.26. The number of nitrogens with zero attached hydrogens (tertiary/aromatic N) is 2. The predicted octanol–water partition coefficient (Wildman–Crippen LogP) is 4.32. The van der Waals surface area contributed by atoms with E-state index in [0.717, 1.165) is 23.9 Å². The van der Waals surface area contributed by atoms with Gasteiger partial charge < -0.3 is 10.6 Å². The Hall–Kier alpha value is -1.00. The van der Waals surface area contributed by atoms with Gasteiger partial charge in [0.1, 0.15) is 0 Å². The van der Waals surface area contributed by atoms with Gasteiger partial charge in [-0.2, -0.15) is 0 Å². The number of likely N-dealkylation sites (tertiary alicyclic amines) is 1. The second-order valence-corrected chi connectivity index (χ2v) is 7.74. The summed E-state index contributed by atoms with van der Waals surface area (Å²) in [4.78, 5) is 7.08. The van der Waals surface area contributed by atoms with Gasteiger partial charge >= 0.3 is 0 Å². The maximum Gasteiger partial charge on any atom is 0.153 e. The molecule has 1 heterocycles. The van der Waals surface area contributed by atoms with Crippen molar-refractivity contribution in [2.45, 2.75) is 51.4 Å². The van der Waals surface area contributed by atoms with Crippen LogP contribution in [0.15, 0.2) is 35.3 Å². The van der Waals surface area contributed by atoms with Gasteiger partial charge in [0, 0.05) is 12.3 Å². The first-order chi connectivity index (χ1) is 11.8. The van der Waals surface area contributed by atoms with E-state index < -0.39 is 0 Å². The molecule has 0 atom stereocenters. The van der Waals surface area contributed by atoms with E-state index in [9.17, 15) is 0 Å². The molecule has 0 spiro atoms. The highest BCUT2D eigenvalue weighted by atomic mass is 32.2. The van der Waals surface area contributed by atoms with Crippen molar-refractivity contribution in [2.75, 3.05) is 31.9 Å². The number of thioether (sulfide) groups is 1. The Morgan fingerprint density at radius 1 is 1.00 bits per heavy atom. The van der Waals surface area contributed by atoms with E-state index in [1.54, 1.807) is 11.8 Å². The summed E-state index contributed by atoms with van der Waals surface area (Å²) in [5.41, 5.74) is 7.43. The van der Waals surface area contributed by atoms with Crippen molar-refractivity contribution in [3.05, 3.63) is 35.9 Å². The van der Waals surface area contributed by atoms with Crippen LogP contribution in [-0.4, -0.2) is 42.0 Å². The molecule has 2 N–H and O–H groups in total. The number of unbranched alkanes of at least 4 members (excludes halogenated alkanes) is 2. The van der Waals surface area contributed by atoms with Gasteiger partial charge in [-0.3, -0.25) is 4.99 Å². The number of aliphatic imine (C=N–C) groups is 1. The van der Waals surface area contributed by atoms with Gasteiger partial charge in [-0.25, -0.2) is 0 Å². The summed E-state index contributed by atoms with van der Waals surface area (Å²) >= 11 is 1.73. The van der Waals surface area contributed by atoms with Gasteiger partial charge in [0.05, 0.1) is 0 Å². The van der Waals surface area contributed by atoms with Gasteiger partial charge in [0.25, 0.3) is 0 Å². The summed E-state index contributed by atoms with van der Waals surface area (Å²) in [6.45, 7) is 4.67. The smallest absolute Gasteiger partial charge is 0.153 e. The van der Waals surface area contributed by atoms with Crippen LogP contribution < -0.4 is 5.73 Å². The van der Waals surface area contributed by atoms with Crippen molar-refractivity contribution >= 4 is 16.9 Å². The maximum absolute atomic E-state index is 6.00. The number of rotatable bonds is 10. The van der Waals surface area contributed by atoms with Crippen LogP contribution in [0.3, 0.4) is 0 Å². The summed E-state index contributed by atoms with van der Waals surface area (Å²) in [5.74, 6) is 1.10. The summed E-state index contributed by atoms with van der Waals surface area (Å²) < 4.78 is 0. The molecule has 1 aliphatic heterocycles. The molecule has 3 nitrogen and oxygen atoms in total. The van der Waals surface area contributed by atoms with E-state index in [4.69, 9.17) is 5.73 Å². The number of amidine groups is 1. The van der Waals surface area contributed by atoms with Crippen molar-refractivity contribution in [2.24, 2.45) is 10.7 Å². The third-order valence-electron chi connectivity index (χ3n) is 4.55. The van der Waals surface area contributed by atoms with E-state index in [0.29, 0.717) is 0 Å². The van der Waals surface area contributed by atoms with E-state index in [1.807, 2.05) is 0 Å². The topological polar surface area (TPSA) is 41.6 Å². The second-order valence-electron chi connectivity index (χ2n) is 6.62. The third-order valence-corrected chi connectivity index (χ3v) is 5.47. The highest BCUT2D eigenvalue weighted by molar-refractivity contribution is 8.13. The average molecular weight is 348 g/mol. The third kappa shape index (κ3) is 8.74. The molecule has 0 amide bonds. The highest BCUT2D eigenvalue weighted by Crippen LogP contribution is 2.11. The first kappa shape index (κ1) is 19.3. The molecule has 2 rings (SSSR count). The summed E-state index contributed by atoms with van der Waals surface area (Å²) in [5, 5.41) is 0.775. The summed E-state index contributed by atoms with van der Waals surface area (Å²) in [7, 11) is 0. The van der Waals surface area contributed by atoms with E-state index in [1.165, 1.54) is 70.1 Å². The molecule has 1 aromatic carbocycles. The van der Waals surface area contributed by atoms with Crippen LogP contribution in [0.1, 0.15) is 50.5 Å². The minimum atomic E-state index is 0.775. The molecular weight excluding hydrogens is 314 g/mol. The Balaban J connectivity index is 1.43. The minimum Gasteiger partial charge on any atom is -0.379 e. The predicted molar refractivity (Wildman–Crippen MR) is 108 cm³/mol. The van der Waals surface area contributed by atoms with Crippen LogP contribution in [0.5, 0.6) is 0 Å². The maximum atomic E-state index is 6.00. The summed E-state index contributed by atoms with van der Waals surface area (Å²) in [6, 6.07) is 10.7. The van der Waals surface area contributed by atoms with Crippen LogP contribution in [0.4, 0.5) is 0 Å². The van der Waals surface area contributed by atoms with Crippen molar-refractivity contribution in [1.29, 1.82) is 0 Å². The van der Waals surface area contributed by atoms with Crippen LogP contribution in [-0.2, 0) is 6.42 Å². The molecule has 0 saturated carbocycles. The Bertz CT molecular complexity index is 455.